The van der Waals surface area contributed by atoms with Crippen LogP contribution in [0.15, 0.2) is 158 Å². The van der Waals surface area contributed by atoms with E-state index >= 15 is 8.78 Å². The molecule has 1 N–H and O–H groups in total. The van der Waals surface area contributed by atoms with Crippen LogP contribution in [0.2, 0.25) is 0 Å². The lowest BCUT2D eigenvalue weighted by molar-refractivity contribution is -0.406. The maximum atomic E-state index is 17.3. The van der Waals surface area contributed by atoms with Crippen molar-refractivity contribution in [1.82, 2.24) is 0 Å². The Kier molecular flexibility index (Phi) is 12.8. The van der Waals surface area contributed by atoms with E-state index in [-0.39, 0.29) is 32.0 Å². The average molecular weight is 827 g/mol. The van der Waals surface area contributed by atoms with Gasteiger partial charge in [-0.2, -0.15) is 0 Å². The van der Waals surface area contributed by atoms with E-state index in [0.29, 0.717) is 17.7 Å². The molecule has 0 saturated carbocycles. The first kappa shape index (κ1) is 41.5. The van der Waals surface area contributed by atoms with Gasteiger partial charge in [-0.05, 0) is 76.4 Å². The quantitative estimate of drug-likeness (QED) is 0.105. The minimum absolute atomic E-state index is 0.0626. The molecule has 1 aliphatic heterocycles. The van der Waals surface area contributed by atoms with Gasteiger partial charge in [0.2, 0.25) is 5.79 Å². The Balaban J connectivity index is 1.26. The van der Waals surface area contributed by atoms with E-state index < -0.39 is 36.6 Å². The maximum Gasteiger partial charge on any atom is 0.304 e. The molecule has 9 heteroatoms. The number of hydrogen-bond donors (Lipinski definition) is 1. The molecule has 1 saturated heterocycles. The van der Waals surface area contributed by atoms with Crippen molar-refractivity contribution in [2.45, 2.75) is 76.7 Å². The van der Waals surface area contributed by atoms with Gasteiger partial charge >= 0.3 is 5.92 Å². The summed E-state index contributed by atoms with van der Waals surface area (Å²) in [4.78, 5) is 1.11. The summed E-state index contributed by atoms with van der Waals surface area (Å²) in [6, 6.07) is 49.6. The van der Waals surface area contributed by atoms with Crippen LogP contribution < -0.4 is 4.74 Å². The summed E-state index contributed by atoms with van der Waals surface area (Å²) in [6.07, 6.45) is -5.14. The van der Waals surface area contributed by atoms with Crippen molar-refractivity contribution in [3.05, 3.63) is 207 Å². The van der Waals surface area contributed by atoms with Gasteiger partial charge in [0, 0.05) is 16.0 Å². The summed E-state index contributed by atoms with van der Waals surface area (Å²) in [5, 5.41) is 14.6. The lowest BCUT2D eigenvalue weighted by Gasteiger charge is -2.50. The van der Waals surface area contributed by atoms with Gasteiger partial charge in [0.1, 0.15) is 18.5 Å². The fraction of sp³-hybridized carbons (Fsp3) is 0.255. The molecule has 6 aromatic carbocycles. The van der Waals surface area contributed by atoms with Gasteiger partial charge in [-0.25, -0.2) is 8.78 Å². The van der Waals surface area contributed by atoms with Crippen LogP contribution in [0, 0.1) is 13.8 Å². The number of fused-ring (bicyclic) bond motifs is 1. The Bertz CT molecular complexity index is 2430. The maximum absolute atomic E-state index is 17.3. The number of rotatable bonds is 16. The molecule has 60 heavy (non-hydrogen) atoms. The van der Waals surface area contributed by atoms with Crippen LogP contribution in [0.25, 0.3) is 10.1 Å². The second kappa shape index (κ2) is 18.6. The fourth-order valence-corrected chi connectivity index (χ4v) is 8.82. The van der Waals surface area contributed by atoms with Crippen molar-refractivity contribution < 1.29 is 37.6 Å². The molecule has 1 fully saturated rings. The molecule has 6 nitrogen and oxygen atoms in total. The van der Waals surface area contributed by atoms with Crippen molar-refractivity contribution in [3.8, 4) is 5.75 Å². The van der Waals surface area contributed by atoms with Gasteiger partial charge in [-0.3, -0.25) is 0 Å². The molecule has 0 aliphatic carbocycles. The van der Waals surface area contributed by atoms with Crippen LogP contribution in [0.3, 0.4) is 0 Å². The fourth-order valence-electron chi connectivity index (χ4n) is 7.73. The van der Waals surface area contributed by atoms with Crippen LogP contribution in [0.4, 0.5) is 8.78 Å². The molecular weight excluding hydrogens is 779 g/mol. The van der Waals surface area contributed by atoms with Crippen molar-refractivity contribution in [2.24, 2.45) is 0 Å². The normalized spacial score (nSPS) is 20.0. The molecule has 308 valence electrons. The molecule has 7 aromatic rings. The predicted molar refractivity (Wildman–Crippen MR) is 231 cm³/mol. The topological polar surface area (TPSA) is 66.4 Å². The van der Waals surface area contributed by atoms with E-state index in [1.807, 2.05) is 153 Å². The van der Waals surface area contributed by atoms with E-state index in [9.17, 15) is 5.11 Å². The Morgan fingerprint density at radius 2 is 1.13 bits per heavy atom. The summed E-state index contributed by atoms with van der Waals surface area (Å²) >= 11 is 1.69. The highest BCUT2D eigenvalue weighted by Crippen LogP contribution is 2.50. The van der Waals surface area contributed by atoms with Crippen molar-refractivity contribution in [2.75, 3.05) is 6.61 Å². The van der Waals surface area contributed by atoms with E-state index in [4.69, 9.17) is 23.7 Å². The zero-order chi connectivity index (χ0) is 41.5. The van der Waals surface area contributed by atoms with Crippen LogP contribution in [-0.4, -0.2) is 35.9 Å². The van der Waals surface area contributed by atoms with E-state index in [0.717, 1.165) is 48.3 Å². The van der Waals surface area contributed by atoms with Gasteiger partial charge in [0.15, 0.2) is 12.2 Å². The SMILES string of the molecule is Cc1c(Cc2cc3ccccc3s2)cc(C2(O)O[C@H](COCc3ccccc3)C(F)(F)[C@H](OCc3ccccc3)[C@H]2OCc2ccccc2)c(OCc2ccccc2)c1C. The molecule has 0 radical (unpaired) electrons. The standard InChI is InChI=1S/C51H48F2O6S/c1-35-36(2)47(56-31-38-19-9-4-10-20-38)44(29-42(35)28-43-27-41-25-15-16-26-45(41)60-43)51(54)49(58-33-40-23-13-6-14-24-40)48(57-32-39-21-11-5-12-22-39)50(52,53)46(59-51)34-55-30-37-17-7-3-8-18-37/h3-27,29,46,48-49,54H,28,30-34H2,1-2H3/t46-,48-,49-,51?/m1/s1. The smallest absolute Gasteiger partial charge is 0.304 e. The number of halogens is 2. The zero-order valence-electron chi connectivity index (χ0n) is 33.6. The molecule has 1 aromatic heterocycles. The van der Waals surface area contributed by atoms with Gasteiger partial charge in [-0.1, -0.05) is 140 Å². The van der Waals surface area contributed by atoms with Crippen molar-refractivity contribution in [3.63, 3.8) is 0 Å². The first-order valence-corrected chi connectivity index (χ1v) is 21.0. The molecular formula is C51H48F2O6S. The lowest BCUT2D eigenvalue weighted by atomic mass is 9.83. The number of alkyl halides is 2. The molecule has 2 heterocycles. The van der Waals surface area contributed by atoms with Crippen molar-refractivity contribution >= 4 is 21.4 Å². The first-order valence-electron chi connectivity index (χ1n) is 20.2. The second-order valence-electron chi connectivity index (χ2n) is 15.3. The van der Waals surface area contributed by atoms with Crippen molar-refractivity contribution in [1.29, 1.82) is 0 Å². The van der Waals surface area contributed by atoms with E-state index in [2.05, 4.69) is 18.2 Å². The molecule has 0 spiro atoms. The molecule has 4 atom stereocenters. The zero-order valence-corrected chi connectivity index (χ0v) is 34.5. The summed E-state index contributed by atoms with van der Waals surface area (Å²) in [5.41, 5.74) is 5.87. The van der Waals surface area contributed by atoms with Crippen LogP contribution in [0.5, 0.6) is 5.75 Å². The van der Waals surface area contributed by atoms with E-state index in [1.165, 1.54) is 0 Å². The third-order valence-corrected chi connectivity index (χ3v) is 12.2. The van der Waals surface area contributed by atoms with Crippen LogP contribution in [-0.2, 0) is 57.6 Å². The van der Waals surface area contributed by atoms with Gasteiger partial charge in [0.05, 0.1) is 32.0 Å². The van der Waals surface area contributed by atoms with E-state index in [1.54, 1.807) is 11.3 Å². The number of aliphatic hydroxyl groups is 1. The Hall–Kier alpha value is -5.26. The summed E-state index contributed by atoms with van der Waals surface area (Å²) in [6.45, 7) is 3.36. The minimum atomic E-state index is -3.69. The monoisotopic (exact) mass is 826 g/mol. The highest BCUT2D eigenvalue weighted by atomic mass is 32.1. The molecule has 1 aliphatic rings. The number of thiophene rings is 1. The van der Waals surface area contributed by atoms with Crippen LogP contribution in [0.1, 0.15) is 49.4 Å². The largest absolute Gasteiger partial charge is 0.488 e. The Morgan fingerprint density at radius 1 is 0.617 bits per heavy atom. The van der Waals surface area contributed by atoms with Gasteiger partial charge in [-0.15, -0.1) is 11.3 Å². The second-order valence-corrected chi connectivity index (χ2v) is 16.4. The number of benzene rings is 6. The highest BCUT2D eigenvalue weighted by Gasteiger charge is 2.66. The van der Waals surface area contributed by atoms with Gasteiger partial charge in [0.25, 0.3) is 0 Å². The minimum Gasteiger partial charge on any atom is -0.488 e. The Labute approximate surface area is 353 Å². The lowest BCUT2D eigenvalue weighted by Crippen LogP contribution is -2.68. The molecule has 0 bridgehead atoms. The molecule has 8 rings (SSSR count). The summed E-state index contributed by atoms with van der Waals surface area (Å²) in [7, 11) is 0. The summed E-state index contributed by atoms with van der Waals surface area (Å²) < 4.78 is 67.7. The third-order valence-electron chi connectivity index (χ3n) is 11.1. The van der Waals surface area contributed by atoms with Crippen LogP contribution >= 0.6 is 11.3 Å². The Morgan fingerprint density at radius 3 is 1.72 bits per heavy atom. The average Bonchev–Trinajstić information content (AvgIpc) is 3.69. The third kappa shape index (κ3) is 9.22. The highest BCUT2D eigenvalue weighted by molar-refractivity contribution is 7.19. The predicted octanol–water partition coefficient (Wildman–Crippen LogP) is 11.3. The number of hydrogen-bond acceptors (Lipinski definition) is 7. The number of ether oxygens (including phenoxy) is 5. The van der Waals surface area contributed by atoms with Gasteiger partial charge < -0.3 is 28.8 Å². The molecule has 1 unspecified atom stereocenters. The first-order chi connectivity index (χ1) is 29.2. The molecule has 0 amide bonds. The summed E-state index contributed by atoms with van der Waals surface area (Å²) in [5.74, 6) is -5.88.